The maximum atomic E-state index is 12.2. The van der Waals surface area contributed by atoms with Gasteiger partial charge in [0.2, 0.25) is 10.0 Å². The highest BCUT2D eigenvalue weighted by molar-refractivity contribution is 7.89. The standard InChI is InChI=1S/C13H23N3O2S/c1-4-10(2)15-19(17,18)13-7-12(16(3)9-13)8-14-11-5-6-11/h7,9-11,14-15H,4-6,8H2,1-3H3. The van der Waals surface area contributed by atoms with Crippen molar-refractivity contribution in [2.45, 2.75) is 56.6 Å². The first kappa shape index (κ1) is 14.6. The van der Waals surface area contributed by atoms with E-state index >= 15 is 0 Å². The molecule has 1 unspecified atom stereocenters. The van der Waals surface area contributed by atoms with Crippen LogP contribution in [-0.2, 0) is 23.6 Å². The minimum atomic E-state index is -3.39. The van der Waals surface area contributed by atoms with E-state index in [1.165, 1.54) is 12.8 Å². The molecule has 5 nitrogen and oxygen atoms in total. The summed E-state index contributed by atoms with van der Waals surface area (Å²) in [5.74, 6) is 0. The average molecular weight is 285 g/mol. The number of rotatable bonds is 7. The maximum Gasteiger partial charge on any atom is 0.242 e. The Morgan fingerprint density at radius 1 is 1.47 bits per heavy atom. The first-order chi connectivity index (χ1) is 8.92. The van der Waals surface area contributed by atoms with E-state index in [9.17, 15) is 8.42 Å². The SMILES string of the molecule is CCC(C)NS(=O)(=O)c1cc(CNC2CC2)n(C)c1. The molecule has 1 aromatic rings. The molecule has 0 spiro atoms. The van der Waals surface area contributed by atoms with E-state index < -0.39 is 10.0 Å². The number of aryl methyl sites for hydroxylation is 1. The van der Waals surface area contributed by atoms with Crippen molar-refractivity contribution < 1.29 is 8.42 Å². The molecule has 6 heteroatoms. The van der Waals surface area contributed by atoms with Crippen molar-refractivity contribution in [1.29, 1.82) is 0 Å². The van der Waals surface area contributed by atoms with Crippen LogP contribution in [0.1, 0.15) is 38.8 Å². The van der Waals surface area contributed by atoms with Crippen LogP contribution in [0.3, 0.4) is 0 Å². The van der Waals surface area contributed by atoms with Gasteiger partial charge in [0, 0.05) is 37.6 Å². The molecule has 0 amide bonds. The van der Waals surface area contributed by atoms with Crippen LogP contribution in [-0.4, -0.2) is 25.1 Å². The smallest absolute Gasteiger partial charge is 0.242 e. The molecule has 2 rings (SSSR count). The fourth-order valence-electron chi connectivity index (χ4n) is 1.85. The van der Waals surface area contributed by atoms with Gasteiger partial charge in [0.05, 0.1) is 4.90 Å². The molecular formula is C13H23N3O2S. The van der Waals surface area contributed by atoms with E-state index in [-0.39, 0.29) is 6.04 Å². The zero-order valence-electron chi connectivity index (χ0n) is 11.8. The van der Waals surface area contributed by atoms with Crippen molar-refractivity contribution in [3.8, 4) is 0 Å². The summed E-state index contributed by atoms with van der Waals surface area (Å²) in [5.41, 5.74) is 0.997. The fourth-order valence-corrected chi connectivity index (χ4v) is 3.27. The van der Waals surface area contributed by atoms with E-state index in [2.05, 4.69) is 10.0 Å². The van der Waals surface area contributed by atoms with Crippen LogP contribution in [0.2, 0.25) is 0 Å². The summed E-state index contributed by atoms with van der Waals surface area (Å²) in [6, 6.07) is 2.33. The van der Waals surface area contributed by atoms with E-state index in [0.29, 0.717) is 10.9 Å². The normalized spacial score (nSPS) is 17.6. The molecule has 1 atom stereocenters. The minimum absolute atomic E-state index is 0.0433. The predicted octanol–water partition coefficient (Wildman–Crippen LogP) is 1.35. The van der Waals surface area contributed by atoms with Gasteiger partial charge >= 0.3 is 0 Å². The molecule has 0 aliphatic heterocycles. The molecule has 1 heterocycles. The molecule has 1 fully saturated rings. The maximum absolute atomic E-state index is 12.2. The van der Waals surface area contributed by atoms with E-state index in [1.807, 2.05) is 25.5 Å². The van der Waals surface area contributed by atoms with E-state index in [4.69, 9.17) is 0 Å². The van der Waals surface area contributed by atoms with Gasteiger partial charge in [-0.2, -0.15) is 0 Å². The monoisotopic (exact) mass is 285 g/mol. The van der Waals surface area contributed by atoms with Gasteiger partial charge in [-0.25, -0.2) is 13.1 Å². The lowest BCUT2D eigenvalue weighted by Gasteiger charge is -2.10. The number of hydrogen-bond acceptors (Lipinski definition) is 3. The summed E-state index contributed by atoms with van der Waals surface area (Å²) >= 11 is 0. The van der Waals surface area contributed by atoms with E-state index in [0.717, 1.165) is 18.7 Å². The Balaban J connectivity index is 2.08. The molecule has 19 heavy (non-hydrogen) atoms. The van der Waals surface area contributed by atoms with Gasteiger partial charge in [-0.3, -0.25) is 0 Å². The summed E-state index contributed by atoms with van der Waals surface area (Å²) in [6.07, 6.45) is 4.91. The number of sulfonamides is 1. The topological polar surface area (TPSA) is 63.1 Å². The molecule has 1 saturated carbocycles. The molecule has 108 valence electrons. The zero-order valence-corrected chi connectivity index (χ0v) is 12.6. The van der Waals surface area contributed by atoms with Crippen LogP contribution >= 0.6 is 0 Å². The molecule has 1 aromatic heterocycles. The van der Waals surface area contributed by atoms with Crippen molar-refractivity contribution in [2.75, 3.05) is 0 Å². The van der Waals surface area contributed by atoms with Crippen LogP contribution < -0.4 is 10.0 Å². The molecule has 0 saturated heterocycles. The van der Waals surface area contributed by atoms with Crippen molar-refractivity contribution in [3.05, 3.63) is 18.0 Å². The highest BCUT2D eigenvalue weighted by atomic mass is 32.2. The Labute approximate surface area is 115 Å². The third-order valence-corrected chi connectivity index (χ3v) is 5.07. The van der Waals surface area contributed by atoms with Crippen LogP contribution in [0.25, 0.3) is 0 Å². The lowest BCUT2D eigenvalue weighted by Crippen LogP contribution is -2.31. The molecule has 2 N–H and O–H groups in total. The van der Waals surface area contributed by atoms with Gasteiger partial charge in [0.25, 0.3) is 0 Å². The number of nitrogens with zero attached hydrogens (tertiary/aromatic N) is 1. The Bertz CT molecular complexity index is 532. The molecule has 0 radical (unpaired) electrons. The second kappa shape index (κ2) is 5.64. The molecule has 0 aromatic carbocycles. The summed E-state index contributed by atoms with van der Waals surface area (Å²) in [4.78, 5) is 0.350. The first-order valence-corrected chi connectivity index (χ1v) is 8.31. The summed E-state index contributed by atoms with van der Waals surface area (Å²) in [7, 11) is -1.51. The lowest BCUT2D eigenvalue weighted by molar-refractivity contribution is 0.555. The number of aromatic nitrogens is 1. The van der Waals surface area contributed by atoms with Crippen molar-refractivity contribution in [3.63, 3.8) is 0 Å². The van der Waals surface area contributed by atoms with Crippen molar-refractivity contribution >= 4 is 10.0 Å². The zero-order chi connectivity index (χ0) is 14.0. The molecule has 1 aliphatic rings. The van der Waals surface area contributed by atoms with Gasteiger partial charge in [0.1, 0.15) is 0 Å². The fraction of sp³-hybridized carbons (Fsp3) is 0.692. The lowest BCUT2D eigenvalue weighted by atomic mass is 10.3. The Hall–Kier alpha value is -0.850. The van der Waals surface area contributed by atoms with Crippen LogP contribution in [0.15, 0.2) is 17.2 Å². The molecular weight excluding hydrogens is 262 g/mol. The molecule has 1 aliphatic carbocycles. The van der Waals surface area contributed by atoms with Crippen molar-refractivity contribution in [1.82, 2.24) is 14.6 Å². The quantitative estimate of drug-likeness (QED) is 0.795. The second-order valence-electron chi connectivity index (χ2n) is 5.36. The Morgan fingerprint density at radius 2 is 2.16 bits per heavy atom. The highest BCUT2D eigenvalue weighted by Gasteiger charge is 2.22. The summed E-state index contributed by atoms with van der Waals surface area (Å²) < 4.78 is 28.9. The number of nitrogens with one attached hydrogen (secondary N) is 2. The van der Waals surface area contributed by atoms with Gasteiger partial charge in [-0.05, 0) is 32.3 Å². The third kappa shape index (κ3) is 3.81. The summed E-state index contributed by atoms with van der Waals surface area (Å²) in [5, 5.41) is 3.39. The van der Waals surface area contributed by atoms with Gasteiger partial charge in [0.15, 0.2) is 0 Å². The first-order valence-electron chi connectivity index (χ1n) is 6.83. The third-order valence-electron chi connectivity index (χ3n) is 3.51. The highest BCUT2D eigenvalue weighted by Crippen LogP contribution is 2.20. The van der Waals surface area contributed by atoms with Crippen LogP contribution in [0.4, 0.5) is 0 Å². The summed E-state index contributed by atoms with van der Waals surface area (Å²) in [6.45, 7) is 4.55. The van der Waals surface area contributed by atoms with E-state index in [1.54, 1.807) is 12.3 Å². The van der Waals surface area contributed by atoms with Crippen LogP contribution in [0, 0.1) is 0 Å². The van der Waals surface area contributed by atoms with Gasteiger partial charge < -0.3 is 9.88 Å². The second-order valence-corrected chi connectivity index (χ2v) is 7.08. The molecule has 0 bridgehead atoms. The average Bonchev–Trinajstić information content (AvgIpc) is 3.09. The van der Waals surface area contributed by atoms with Crippen LogP contribution in [0.5, 0.6) is 0 Å². The number of hydrogen-bond donors (Lipinski definition) is 2. The minimum Gasteiger partial charge on any atom is -0.352 e. The van der Waals surface area contributed by atoms with Gasteiger partial charge in [-0.15, -0.1) is 0 Å². The Kier molecular flexibility index (Phi) is 4.32. The largest absolute Gasteiger partial charge is 0.352 e. The van der Waals surface area contributed by atoms with Crippen molar-refractivity contribution in [2.24, 2.45) is 7.05 Å². The Morgan fingerprint density at radius 3 is 2.74 bits per heavy atom. The van der Waals surface area contributed by atoms with Gasteiger partial charge in [-0.1, -0.05) is 6.92 Å². The predicted molar refractivity (Wildman–Crippen MR) is 75.3 cm³/mol.